The minimum Gasteiger partial charge on any atom is -0.342 e. The fourth-order valence-corrected chi connectivity index (χ4v) is 3.20. The molecule has 0 saturated carbocycles. The first-order valence-electron chi connectivity index (χ1n) is 7.29. The number of unbranched alkanes of at least 4 members (excludes halogenated alkanes) is 1. The summed E-state index contributed by atoms with van der Waals surface area (Å²) >= 11 is 0. The fraction of sp³-hybridized carbons (Fsp3) is 0.929. The van der Waals surface area contributed by atoms with Gasteiger partial charge in [0.15, 0.2) is 0 Å². The molecule has 1 N–H and O–H groups in total. The fourth-order valence-electron chi connectivity index (χ4n) is 3.20. The number of likely N-dealkylation sites (tertiary alicyclic amines) is 1. The summed E-state index contributed by atoms with van der Waals surface area (Å²) in [6, 6.07) is 0. The lowest BCUT2D eigenvalue weighted by Crippen LogP contribution is -2.34. The van der Waals surface area contributed by atoms with Crippen LogP contribution in [0.3, 0.4) is 0 Å². The first kappa shape index (κ1) is 12.9. The van der Waals surface area contributed by atoms with Gasteiger partial charge in [-0.25, -0.2) is 0 Å². The topological polar surface area (TPSA) is 32.3 Å². The predicted molar refractivity (Wildman–Crippen MR) is 69.8 cm³/mol. The van der Waals surface area contributed by atoms with E-state index >= 15 is 0 Å². The van der Waals surface area contributed by atoms with Gasteiger partial charge in [-0.2, -0.15) is 0 Å². The van der Waals surface area contributed by atoms with E-state index in [-0.39, 0.29) is 0 Å². The minimum absolute atomic E-state index is 0.392. The van der Waals surface area contributed by atoms with Crippen LogP contribution in [0.5, 0.6) is 0 Å². The molecule has 98 valence electrons. The largest absolute Gasteiger partial charge is 0.342 e. The van der Waals surface area contributed by atoms with Crippen molar-refractivity contribution >= 4 is 5.91 Å². The third-order valence-electron chi connectivity index (χ3n) is 4.37. The number of amides is 1. The first-order chi connectivity index (χ1) is 8.31. The van der Waals surface area contributed by atoms with Crippen molar-refractivity contribution in [2.24, 2.45) is 11.8 Å². The van der Waals surface area contributed by atoms with Crippen molar-refractivity contribution in [1.82, 2.24) is 10.2 Å². The molecule has 0 aliphatic carbocycles. The van der Waals surface area contributed by atoms with E-state index in [1.54, 1.807) is 0 Å². The van der Waals surface area contributed by atoms with Gasteiger partial charge in [-0.3, -0.25) is 4.79 Å². The quantitative estimate of drug-likeness (QED) is 0.812. The highest BCUT2D eigenvalue weighted by Crippen LogP contribution is 2.30. The molecule has 0 spiro atoms. The van der Waals surface area contributed by atoms with Gasteiger partial charge in [0, 0.05) is 19.5 Å². The summed E-state index contributed by atoms with van der Waals surface area (Å²) in [7, 11) is 0. The van der Waals surface area contributed by atoms with E-state index in [1.165, 1.54) is 32.4 Å². The van der Waals surface area contributed by atoms with E-state index in [2.05, 4.69) is 17.1 Å². The number of carbonyl (C=O) groups excluding carboxylic acids is 1. The average Bonchev–Trinajstić information content (AvgIpc) is 2.86. The SMILES string of the molecule is CCCCC(=O)N1CCC(C2CCNCC2)C1. The summed E-state index contributed by atoms with van der Waals surface area (Å²) in [4.78, 5) is 14.1. The second-order valence-corrected chi connectivity index (χ2v) is 5.58. The number of piperidine rings is 1. The van der Waals surface area contributed by atoms with Crippen LogP contribution in [-0.4, -0.2) is 37.0 Å². The molecule has 0 radical (unpaired) electrons. The second kappa shape index (κ2) is 6.39. The molecule has 0 aromatic heterocycles. The van der Waals surface area contributed by atoms with E-state index in [4.69, 9.17) is 0 Å². The lowest BCUT2D eigenvalue weighted by atomic mass is 9.84. The van der Waals surface area contributed by atoms with Gasteiger partial charge in [0.2, 0.25) is 5.91 Å². The third-order valence-corrected chi connectivity index (χ3v) is 4.37. The predicted octanol–water partition coefficient (Wildman–Crippen LogP) is 2.02. The third kappa shape index (κ3) is 3.44. The van der Waals surface area contributed by atoms with Crippen LogP contribution in [-0.2, 0) is 4.79 Å². The molecule has 17 heavy (non-hydrogen) atoms. The summed E-state index contributed by atoms with van der Waals surface area (Å²) in [6.07, 6.45) is 6.78. The Morgan fingerprint density at radius 1 is 1.24 bits per heavy atom. The summed E-state index contributed by atoms with van der Waals surface area (Å²) < 4.78 is 0. The van der Waals surface area contributed by atoms with Crippen molar-refractivity contribution in [2.75, 3.05) is 26.2 Å². The Hall–Kier alpha value is -0.570. The molecule has 1 amide bonds. The van der Waals surface area contributed by atoms with Crippen LogP contribution in [0.25, 0.3) is 0 Å². The van der Waals surface area contributed by atoms with E-state index in [0.717, 1.165) is 44.2 Å². The molecular weight excluding hydrogens is 212 g/mol. The molecule has 3 nitrogen and oxygen atoms in total. The Morgan fingerprint density at radius 2 is 2.00 bits per heavy atom. The highest BCUT2D eigenvalue weighted by atomic mass is 16.2. The molecule has 2 heterocycles. The zero-order valence-electron chi connectivity index (χ0n) is 11.1. The Kier molecular flexibility index (Phi) is 4.84. The van der Waals surface area contributed by atoms with E-state index in [0.29, 0.717) is 5.91 Å². The van der Waals surface area contributed by atoms with Crippen LogP contribution in [0.2, 0.25) is 0 Å². The standard InChI is InChI=1S/C14H26N2O/c1-2-3-4-14(17)16-10-7-13(11-16)12-5-8-15-9-6-12/h12-13,15H,2-11H2,1H3. The van der Waals surface area contributed by atoms with Gasteiger partial charge >= 0.3 is 0 Å². The zero-order chi connectivity index (χ0) is 12.1. The van der Waals surface area contributed by atoms with Gasteiger partial charge < -0.3 is 10.2 Å². The molecule has 0 aromatic rings. The normalized spacial score (nSPS) is 26.4. The average molecular weight is 238 g/mol. The molecule has 0 aromatic carbocycles. The number of rotatable bonds is 4. The molecule has 2 rings (SSSR count). The van der Waals surface area contributed by atoms with Crippen molar-refractivity contribution in [1.29, 1.82) is 0 Å². The second-order valence-electron chi connectivity index (χ2n) is 5.58. The van der Waals surface area contributed by atoms with E-state index in [9.17, 15) is 4.79 Å². The smallest absolute Gasteiger partial charge is 0.222 e. The summed E-state index contributed by atoms with van der Waals surface area (Å²) in [5.74, 6) is 2.03. The monoisotopic (exact) mass is 238 g/mol. The van der Waals surface area contributed by atoms with Gasteiger partial charge in [0.25, 0.3) is 0 Å². The van der Waals surface area contributed by atoms with Gasteiger partial charge in [0.05, 0.1) is 0 Å². The van der Waals surface area contributed by atoms with Crippen LogP contribution >= 0.6 is 0 Å². The Balaban J connectivity index is 1.76. The lowest BCUT2D eigenvalue weighted by molar-refractivity contribution is -0.130. The van der Waals surface area contributed by atoms with Crippen molar-refractivity contribution in [2.45, 2.75) is 45.4 Å². The molecule has 1 unspecified atom stereocenters. The number of carbonyl (C=O) groups is 1. The number of nitrogens with zero attached hydrogens (tertiary/aromatic N) is 1. The van der Waals surface area contributed by atoms with Crippen molar-refractivity contribution in [3.05, 3.63) is 0 Å². The molecular formula is C14H26N2O. The van der Waals surface area contributed by atoms with Crippen LogP contribution in [0.4, 0.5) is 0 Å². The number of hydrogen-bond donors (Lipinski definition) is 1. The zero-order valence-corrected chi connectivity index (χ0v) is 11.1. The molecule has 3 heteroatoms. The molecule has 2 aliphatic rings. The van der Waals surface area contributed by atoms with Crippen molar-refractivity contribution < 1.29 is 4.79 Å². The molecule has 2 saturated heterocycles. The highest BCUT2D eigenvalue weighted by Gasteiger charge is 2.31. The molecule has 0 bridgehead atoms. The maximum atomic E-state index is 11.9. The van der Waals surface area contributed by atoms with Crippen LogP contribution < -0.4 is 5.32 Å². The highest BCUT2D eigenvalue weighted by molar-refractivity contribution is 5.76. The van der Waals surface area contributed by atoms with E-state index < -0.39 is 0 Å². The first-order valence-corrected chi connectivity index (χ1v) is 7.29. The van der Waals surface area contributed by atoms with Crippen LogP contribution in [0.15, 0.2) is 0 Å². The summed E-state index contributed by atoms with van der Waals surface area (Å²) in [5, 5.41) is 3.42. The van der Waals surface area contributed by atoms with Gasteiger partial charge in [-0.1, -0.05) is 13.3 Å². The molecule has 2 aliphatic heterocycles. The summed E-state index contributed by atoms with van der Waals surface area (Å²) in [6.45, 7) is 6.54. The Morgan fingerprint density at radius 3 is 2.71 bits per heavy atom. The van der Waals surface area contributed by atoms with Crippen molar-refractivity contribution in [3.8, 4) is 0 Å². The maximum absolute atomic E-state index is 11.9. The Bertz CT molecular complexity index is 249. The summed E-state index contributed by atoms with van der Waals surface area (Å²) in [5.41, 5.74) is 0. The maximum Gasteiger partial charge on any atom is 0.222 e. The lowest BCUT2D eigenvalue weighted by Gasteiger charge is -2.28. The van der Waals surface area contributed by atoms with Gasteiger partial charge in [-0.15, -0.1) is 0 Å². The molecule has 1 atom stereocenters. The van der Waals surface area contributed by atoms with Gasteiger partial charge in [0.1, 0.15) is 0 Å². The molecule has 2 fully saturated rings. The minimum atomic E-state index is 0.392. The van der Waals surface area contributed by atoms with Crippen LogP contribution in [0, 0.1) is 11.8 Å². The van der Waals surface area contributed by atoms with Crippen LogP contribution in [0.1, 0.15) is 45.4 Å². The van der Waals surface area contributed by atoms with E-state index in [1.807, 2.05) is 0 Å². The Labute approximate surface area is 105 Å². The van der Waals surface area contributed by atoms with Crippen molar-refractivity contribution in [3.63, 3.8) is 0 Å². The number of nitrogens with one attached hydrogen (secondary N) is 1. The van der Waals surface area contributed by atoms with Gasteiger partial charge in [-0.05, 0) is 50.6 Å². The number of hydrogen-bond acceptors (Lipinski definition) is 2.